The number of hydrogen-bond donors (Lipinski definition) is 0. The van der Waals surface area contributed by atoms with Gasteiger partial charge in [-0.15, -0.1) is 0 Å². The standard InChI is InChI=1S/C12H11NO3S/c14-8-13-12(5-6-12)10-2-1-3-11-9(10)4-7-17(11,15)16/h1-3H,4-7H2. The van der Waals surface area contributed by atoms with Gasteiger partial charge in [0.05, 0.1) is 16.2 Å². The average molecular weight is 249 g/mol. The molecule has 1 aromatic rings. The Hall–Kier alpha value is -1.45. The summed E-state index contributed by atoms with van der Waals surface area (Å²) in [7, 11) is -3.12. The first kappa shape index (κ1) is 10.7. The van der Waals surface area contributed by atoms with Gasteiger partial charge in [-0.3, -0.25) is 0 Å². The number of carbonyl (C=O) groups excluding carboxylic acids is 1. The van der Waals surface area contributed by atoms with Crippen LogP contribution in [0.3, 0.4) is 0 Å². The number of sulfone groups is 1. The van der Waals surface area contributed by atoms with Crippen LogP contribution in [0.1, 0.15) is 24.0 Å². The molecule has 3 rings (SSSR count). The normalized spacial score (nSPS) is 22.6. The lowest BCUT2D eigenvalue weighted by Crippen LogP contribution is -2.06. The Bertz CT molecular complexity index is 638. The van der Waals surface area contributed by atoms with Crippen LogP contribution in [0.2, 0.25) is 0 Å². The molecule has 1 aromatic carbocycles. The number of fused-ring (bicyclic) bond motifs is 1. The fourth-order valence-electron chi connectivity index (χ4n) is 2.54. The molecule has 5 heteroatoms. The fourth-order valence-corrected chi connectivity index (χ4v) is 4.11. The second-order valence-corrected chi connectivity index (χ2v) is 6.66. The molecule has 0 bridgehead atoms. The Morgan fingerprint density at radius 1 is 1.29 bits per heavy atom. The van der Waals surface area contributed by atoms with Gasteiger partial charge in [-0.05, 0) is 36.5 Å². The zero-order valence-electron chi connectivity index (χ0n) is 9.14. The minimum Gasteiger partial charge on any atom is -0.224 e. The monoisotopic (exact) mass is 249 g/mol. The maximum Gasteiger partial charge on any atom is 0.235 e. The summed E-state index contributed by atoms with van der Waals surface area (Å²) in [6.45, 7) is 0. The smallest absolute Gasteiger partial charge is 0.224 e. The zero-order valence-corrected chi connectivity index (χ0v) is 9.96. The van der Waals surface area contributed by atoms with Crippen molar-refractivity contribution in [2.24, 2.45) is 4.99 Å². The Labute approximate surface area is 99.3 Å². The Kier molecular flexibility index (Phi) is 2.06. The van der Waals surface area contributed by atoms with E-state index in [1.807, 2.05) is 6.07 Å². The molecule has 1 aliphatic carbocycles. The quantitative estimate of drug-likeness (QED) is 0.587. The van der Waals surface area contributed by atoms with Gasteiger partial charge in [0, 0.05) is 0 Å². The van der Waals surface area contributed by atoms with Crippen molar-refractivity contribution in [3.8, 4) is 0 Å². The van der Waals surface area contributed by atoms with Gasteiger partial charge < -0.3 is 0 Å². The van der Waals surface area contributed by atoms with E-state index in [4.69, 9.17) is 0 Å². The molecule has 0 radical (unpaired) electrons. The lowest BCUT2D eigenvalue weighted by molar-refractivity contribution is 0.556. The van der Waals surface area contributed by atoms with E-state index in [2.05, 4.69) is 4.99 Å². The van der Waals surface area contributed by atoms with Crippen molar-refractivity contribution in [3.63, 3.8) is 0 Å². The summed E-state index contributed by atoms with van der Waals surface area (Å²) < 4.78 is 23.6. The summed E-state index contributed by atoms with van der Waals surface area (Å²) in [5.41, 5.74) is 1.27. The third kappa shape index (κ3) is 1.47. The molecule has 0 aromatic heterocycles. The number of rotatable bonds is 2. The van der Waals surface area contributed by atoms with E-state index in [0.29, 0.717) is 11.3 Å². The van der Waals surface area contributed by atoms with E-state index in [1.165, 1.54) is 0 Å². The highest BCUT2D eigenvalue weighted by Crippen LogP contribution is 2.51. The van der Waals surface area contributed by atoms with Crippen LogP contribution in [-0.2, 0) is 26.6 Å². The Balaban J connectivity index is 2.22. The van der Waals surface area contributed by atoms with Crippen molar-refractivity contribution in [2.45, 2.75) is 29.7 Å². The molecule has 0 N–H and O–H groups in total. The minimum absolute atomic E-state index is 0.167. The van der Waals surface area contributed by atoms with Crippen LogP contribution in [0.4, 0.5) is 0 Å². The van der Waals surface area contributed by atoms with Crippen molar-refractivity contribution in [2.75, 3.05) is 5.75 Å². The molecule has 1 aliphatic heterocycles. The van der Waals surface area contributed by atoms with Crippen molar-refractivity contribution < 1.29 is 13.2 Å². The first-order valence-electron chi connectivity index (χ1n) is 5.53. The van der Waals surface area contributed by atoms with Gasteiger partial charge in [0.15, 0.2) is 9.84 Å². The summed E-state index contributed by atoms with van der Waals surface area (Å²) >= 11 is 0. The molecule has 0 unspecified atom stereocenters. The highest BCUT2D eigenvalue weighted by Gasteiger charge is 2.47. The van der Waals surface area contributed by atoms with E-state index in [9.17, 15) is 13.2 Å². The third-order valence-corrected chi connectivity index (χ3v) is 5.37. The van der Waals surface area contributed by atoms with Crippen LogP contribution in [0.5, 0.6) is 0 Å². The van der Waals surface area contributed by atoms with E-state index in [0.717, 1.165) is 24.0 Å². The zero-order chi connectivity index (χ0) is 12.1. The van der Waals surface area contributed by atoms with Crippen LogP contribution in [-0.4, -0.2) is 20.3 Å². The van der Waals surface area contributed by atoms with Crippen molar-refractivity contribution in [1.29, 1.82) is 0 Å². The van der Waals surface area contributed by atoms with Gasteiger partial charge in [-0.25, -0.2) is 13.2 Å². The molecule has 2 aliphatic rings. The number of aliphatic imine (C=N–C) groups is 1. The van der Waals surface area contributed by atoms with Gasteiger partial charge in [0.1, 0.15) is 0 Å². The molecule has 17 heavy (non-hydrogen) atoms. The number of isocyanates is 1. The van der Waals surface area contributed by atoms with Gasteiger partial charge in [-0.2, -0.15) is 4.99 Å². The summed E-state index contributed by atoms with van der Waals surface area (Å²) in [6, 6.07) is 5.26. The lowest BCUT2D eigenvalue weighted by Gasteiger charge is -2.12. The van der Waals surface area contributed by atoms with Crippen LogP contribution >= 0.6 is 0 Å². The van der Waals surface area contributed by atoms with Crippen molar-refractivity contribution in [1.82, 2.24) is 0 Å². The largest absolute Gasteiger partial charge is 0.235 e. The van der Waals surface area contributed by atoms with Gasteiger partial charge in [0.25, 0.3) is 0 Å². The summed E-state index contributed by atoms with van der Waals surface area (Å²) in [6.07, 6.45) is 3.75. The van der Waals surface area contributed by atoms with Crippen LogP contribution < -0.4 is 0 Å². The van der Waals surface area contributed by atoms with Crippen LogP contribution in [0.25, 0.3) is 0 Å². The lowest BCUT2D eigenvalue weighted by atomic mass is 9.97. The van der Waals surface area contributed by atoms with E-state index in [-0.39, 0.29) is 5.75 Å². The maximum atomic E-state index is 11.8. The van der Waals surface area contributed by atoms with Crippen molar-refractivity contribution >= 4 is 15.9 Å². The molecule has 0 saturated heterocycles. The minimum atomic E-state index is -3.12. The molecule has 1 heterocycles. The van der Waals surface area contributed by atoms with Crippen molar-refractivity contribution in [3.05, 3.63) is 29.3 Å². The highest BCUT2D eigenvalue weighted by atomic mass is 32.2. The topological polar surface area (TPSA) is 63.6 Å². The molecule has 1 fully saturated rings. The molecular formula is C12H11NO3S. The van der Waals surface area contributed by atoms with E-state index >= 15 is 0 Å². The Morgan fingerprint density at radius 2 is 2.06 bits per heavy atom. The maximum absolute atomic E-state index is 11.8. The first-order chi connectivity index (χ1) is 8.09. The number of benzene rings is 1. The predicted molar refractivity (Wildman–Crippen MR) is 61.2 cm³/mol. The average Bonchev–Trinajstić information content (AvgIpc) is 3.01. The SMILES string of the molecule is O=C=NC1(c2cccc3c2CCS3(=O)=O)CC1. The predicted octanol–water partition coefficient (Wildman–Crippen LogP) is 1.34. The number of nitrogens with zero attached hydrogens (tertiary/aromatic N) is 1. The summed E-state index contributed by atoms with van der Waals surface area (Å²) in [5.74, 6) is 0.167. The van der Waals surface area contributed by atoms with E-state index < -0.39 is 15.4 Å². The summed E-state index contributed by atoms with van der Waals surface area (Å²) in [4.78, 5) is 14.7. The van der Waals surface area contributed by atoms with E-state index in [1.54, 1.807) is 18.2 Å². The third-order valence-electron chi connectivity index (χ3n) is 3.57. The second-order valence-electron chi connectivity index (χ2n) is 4.59. The van der Waals surface area contributed by atoms with Gasteiger partial charge >= 0.3 is 0 Å². The summed E-state index contributed by atoms with van der Waals surface area (Å²) in [5, 5.41) is 0. The van der Waals surface area contributed by atoms with Crippen LogP contribution in [0, 0.1) is 0 Å². The molecule has 0 spiro atoms. The Morgan fingerprint density at radius 3 is 2.71 bits per heavy atom. The first-order valence-corrected chi connectivity index (χ1v) is 7.18. The molecule has 0 atom stereocenters. The molecule has 1 saturated carbocycles. The molecular weight excluding hydrogens is 238 g/mol. The molecule has 0 amide bonds. The fraction of sp³-hybridized carbons (Fsp3) is 0.417. The van der Waals surface area contributed by atoms with Gasteiger partial charge in [-0.1, -0.05) is 12.1 Å². The van der Waals surface area contributed by atoms with Gasteiger partial charge in [0.2, 0.25) is 6.08 Å². The van der Waals surface area contributed by atoms with Crippen LogP contribution in [0.15, 0.2) is 28.1 Å². The molecule has 4 nitrogen and oxygen atoms in total. The highest BCUT2D eigenvalue weighted by molar-refractivity contribution is 7.91. The number of hydrogen-bond acceptors (Lipinski definition) is 4. The second kappa shape index (κ2) is 3.28. The molecule has 88 valence electrons.